The van der Waals surface area contributed by atoms with E-state index in [2.05, 4.69) is 233 Å². The highest BCUT2D eigenvalue weighted by molar-refractivity contribution is 6.36. The van der Waals surface area contributed by atoms with Gasteiger partial charge in [-0.05, 0) is 118 Å². The number of nitrogens with zero attached hydrogens (tertiary/aromatic N) is 5. The first kappa shape index (κ1) is 48.3. The fourth-order valence-corrected chi connectivity index (χ4v) is 13.3. The van der Waals surface area contributed by atoms with Crippen LogP contribution < -0.4 is 0 Å². The minimum atomic E-state index is 0.280. The van der Waals surface area contributed by atoms with E-state index in [-0.39, 0.29) is 5.28 Å². The summed E-state index contributed by atoms with van der Waals surface area (Å²) in [5, 5.41) is 20.5. The Morgan fingerprint density at radius 3 is 1.42 bits per heavy atom. The number of hydrogen-bond donors (Lipinski definition) is 0. The van der Waals surface area contributed by atoms with Crippen LogP contribution in [0, 0.1) is 0 Å². The van der Waals surface area contributed by atoms with Crippen LogP contribution in [0.1, 0.15) is 11.1 Å². The van der Waals surface area contributed by atoms with Gasteiger partial charge in [0.1, 0.15) is 0 Å². The molecule has 388 valence electrons. The average molecular weight is 1080 g/mol. The van der Waals surface area contributed by atoms with Crippen LogP contribution in [0.25, 0.3) is 148 Å². The molecule has 6 heteroatoms. The van der Waals surface area contributed by atoms with Crippen molar-refractivity contribution in [2.75, 3.05) is 0 Å². The molecule has 14 aromatic carbocycles. The minimum Gasteiger partial charge on any atom is -0.277 e. The van der Waals surface area contributed by atoms with Gasteiger partial charge in [0, 0.05) is 38.1 Å². The lowest BCUT2D eigenvalue weighted by atomic mass is 9.89. The molecule has 18 rings (SSSR count). The van der Waals surface area contributed by atoms with Crippen molar-refractivity contribution in [2.24, 2.45) is 0 Å². The van der Waals surface area contributed by atoms with Crippen molar-refractivity contribution in [3.8, 4) is 39.6 Å². The topological polar surface area (TPSA) is 56.5 Å². The Kier molecular flexibility index (Phi) is 11.6. The lowest BCUT2D eigenvalue weighted by Crippen LogP contribution is -2.03. The van der Waals surface area contributed by atoms with Gasteiger partial charge in [0.2, 0.25) is 11.2 Å². The van der Waals surface area contributed by atoms with Crippen LogP contribution in [-0.4, -0.2) is 24.5 Å². The van der Waals surface area contributed by atoms with Gasteiger partial charge in [-0.3, -0.25) is 4.57 Å². The second-order valence-electron chi connectivity index (χ2n) is 21.3. The van der Waals surface area contributed by atoms with Gasteiger partial charge >= 0.3 is 0 Å². The third kappa shape index (κ3) is 8.00. The Hall–Kier alpha value is -10.6. The number of benzene rings is 14. The van der Waals surface area contributed by atoms with Gasteiger partial charge in [-0.15, -0.1) is 0 Å². The van der Waals surface area contributed by atoms with Gasteiger partial charge in [0.05, 0.1) is 33.5 Å². The van der Waals surface area contributed by atoms with Crippen LogP contribution in [0.2, 0.25) is 5.28 Å². The molecule has 0 amide bonds. The highest BCUT2D eigenvalue weighted by Crippen LogP contribution is 2.48. The number of hydrogen-bond acceptors (Lipinski definition) is 4. The maximum Gasteiger partial charge on any atom is 0.235 e. The predicted molar refractivity (Wildman–Crippen MR) is 349 cm³/mol. The fraction of sp³-hybridized carbons (Fsp3) is 0.0130. The Balaban J connectivity index is 0.000000114. The number of rotatable bonds is 3. The summed E-state index contributed by atoms with van der Waals surface area (Å²) in [5.41, 5.74) is 13.8. The van der Waals surface area contributed by atoms with Crippen molar-refractivity contribution in [2.45, 2.75) is 6.42 Å². The second-order valence-corrected chi connectivity index (χ2v) is 21.6. The molecule has 0 saturated carbocycles. The molecule has 0 aliphatic heterocycles. The molecule has 0 unspecified atom stereocenters. The van der Waals surface area contributed by atoms with Crippen molar-refractivity contribution in [3.05, 3.63) is 295 Å². The van der Waals surface area contributed by atoms with E-state index >= 15 is 0 Å². The Morgan fingerprint density at radius 2 is 0.771 bits per heavy atom. The van der Waals surface area contributed by atoms with E-state index in [0.29, 0.717) is 5.95 Å². The molecule has 3 aromatic heterocycles. The molecule has 0 fully saturated rings. The van der Waals surface area contributed by atoms with Crippen LogP contribution >= 0.6 is 11.6 Å². The van der Waals surface area contributed by atoms with Crippen molar-refractivity contribution >= 4 is 120 Å². The quantitative estimate of drug-likeness (QED) is 0.131. The van der Waals surface area contributed by atoms with E-state index in [0.717, 1.165) is 61.8 Å². The molecule has 0 spiro atoms. The molecule has 3 heterocycles. The summed E-state index contributed by atoms with van der Waals surface area (Å²) < 4.78 is 2.28. The van der Waals surface area contributed by atoms with E-state index in [1.54, 1.807) is 0 Å². The predicted octanol–water partition coefficient (Wildman–Crippen LogP) is 20.5. The van der Waals surface area contributed by atoms with Crippen LogP contribution in [0.5, 0.6) is 0 Å². The standard InChI is InChI=1S/C38H23N3.C25H16.C14H9ClN2/c1-2-13-25(14-3-1)36-29-18-8-10-20-32(29)39-38(40-36)41-33-21-11-9-19-30(33)35-28-17-7-6-16-27(28)34-26-15-5-4-12-24(26)22-23-31(34)37(35)41;1-3-9-18-16(7-1)13-14-22-23-15-17-8-2-4-10-19(17)25(23)21-12-6-5-11-20(21)24(18)22;15-14-16-12-9-5-4-8-11(12)13(17-14)10-6-2-1-3-7-10/h1-23H;1-14H,15H2;1-9H. The van der Waals surface area contributed by atoms with Crippen molar-refractivity contribution in [1.29, 1.82) is 0 Å². The zero-order chi connectivity index (χ0) is 55.0. The molecular weight excluding hydrogens is 1030 g/mol. The van der Waals surface area contributed by atoms with E-state index < -0.39 is 0 Å². The highest BCUT2D eigenvalue weighted by Gasteiger charge is 2.25. The van der Waals surface area contributed by atoms with Gasteiger partial charge in [-0.1, -0.05) is 261 Å². The normalized spacial score (nSPS) is 11.9. The average Bonchev–Trinajstić information content (AvgIpc) is 2.19. The third-order valence-electron chi connectivity index (χ3n) is 16.7. The Bertz CT molecular complexity index is 5440. The summed E-state index contributed by atoms with van der Waals surface area (Å²) >= 11 is 5.95. The fourth-order valence-electron chi connectivity index (χ4n) is 13.1. The first-order valence-electron chi connectivity index (χ1n) is 28.1. The van der Waals surface area contributed by atoms with Gasteiger partial charge in [-0.2, -0.15) is 0 Å². The zero-order valence-corrected chi connectivity index (χ0v) is 45.6. The lowest BCUT2D eigenvalue weighted by Gasteiger charge is -2.14. The Labute approximate surface area is 483 Å². The second kappa shape index (κ2) is 19.9. The summed E-state index contributed by atoms with van der Waals surface area (Å²) in [6.07, 6.45) is 1.03. The summed E-state index contributed by atoms with van der Waals surface area (Å²) in [6, 6.07) is 98.4. The van der Waals surface area contributed by atoms with E-state index in [1.165, 1.54) is 97.7 Å². The third-order valence-corrected chi connectivity index (χ3v) is 16.8. The van der Waals surface area contributed by atoms with Gasteiger partial charge < -0.3 is 0 Å². The monoisotopic (exact) mass is 1080 g/mol. The molecular formula is C77H48ClN5. The highest BCUT2D eigenvalue weighted by atomic mass is 35.5. The molecule has 17 aromatic rings. The molecule has 0 saturated heterocycles. The molecule has 0 radical (unpaired) electrons. The molecule has 0 bridgehead atoms. The molecule has 5 nitrogen and oxygen atoms in total. The SMILES string of the molecule is Clc1nc(-c2ccccc2)c2ccccc2n1.c1ccc(-c2nc(-n3c4ccccc4c4c5ccccc5c5c6ccccc6ccc5c43)nc3ccccc23)cc1.c1ccc2c(c1)Cc1c-2c2ccccc2c2c1ccc1ccccc12. The maximum absolute atomic E-state index is 5.95. The van der Waals surface area contributed by atoms with Gasteiger partial charge in [0.25, 0.3) is 0 Å². The first-order valence-corrected chi connectivity index (χ1v) is 28.5. The van der Waals surface area contributed by atoms with Crippen LogP contribution in [0.4, 0.5) is 0 Å². The number of halogens is 1. The van der Waals surface area contributed by atoms with Crippen LogP contribution in [0.15, 0.2) is 279 Å². The maximum atomic E-state index is 5.95. The number of para-hydroxylation sites is 3. The number of fused-ring (bicyclic) bond motifs is 22. The van der Waals surface area contributed by atoms with Crippen LogP contribution in [-0.2, 0) is 6.42 Å². The number of aromatic nitrogens is 5. The van der Waals surface area contributed by atoms with Gasteiger partial charge in [-0.25, -0.2) is 19.9 Å². The molecule has 1 aliphatic rings. The summed E-state index contributed by atoms with van der Waals surface area (Å²) in [6.45, 7) is 0. The molecule has 0 atom stereocenters. The van der Waals surface area contributed by atoms with Crippen molar-refractivity contribution in [3.63, 3.8) is 0 Å². The van der Waals surface area contributed by atoms with Crippen molar-refractivity contribution in [1.82, 2.24) is 24.5 Å². The summed E-state index contributed by atoms with van der Waals surface area (Å²) in [7, 11) is 0. The van der Waals surface area contributed by atoms with E-state index in [4.69, 9.17) is 21.6 Å². The Morgan fingerprint density at radius 1 is 0.313 bits per heavy atom. The molecule has 83 heavy (non-hydrogen) atoms. The first-order chi connectivity index (χ1) is 41.1. The summed E-state index contributed by atoms with van der Waals surface area (Å²) in [4.78, 5) is 19.1. The van der Waals surface area contributed by atoms with Gasteiger partial charge in [0.15, 0.2) is 0 Å². The largest absolute Gasteiger partial charge is 0.277 e. The van der Waals surface area contributed by atoms with Crippen molar-refractivity contribution < 1.29 is 0 Å². The van der Waals surface area contributed by atoms with E-state index in [1.807, 2.05) is 60.7 Å². The summed E-state index contributed by atoms with van der Waals surface area (Å²) in [5.74, 6) is 0.679. The minimum absolute atomic E-state index is 0.280. The lowest BCUT2D eigenvalue weighted by molar-refractivity contribution is 1.02. The molecule has 1 aliphatic carbocycles. The van der Waals surface area contributed by atoms with E-state index in [9.17, 15) is 0 Å². The zero-order valence-electron chi connectivity index (χ0n) is 44.9. The molecule has 0 N–H and O–H groups in total. The van der Waals surface area contributed by atoms with Crippen LogP contribution in [0.3, 0.4) is 0 Å². The smallest absolute Gasteiger partial charge is 0.235 e.